The number of fused-ring (bicyclic) bond motifs is 8. The molecule has 0 saturated carbocycles. The SMILES string of the molecule is COC1=CC=C(C2(c3ccc(N4CCOCC4)cc3)C=Cc3c4c(c5ccccc5c3O2)-c2ccc(C(F)(F)F)cc2C4(C)C)CC1. The van der Waals surface area contributed by atoms with Crippen molar-refractivity contribution < 1.29 is 27.4 Å². The fraction of sp³-hybridized carbons (Fsp3) is 0.300. The van der Waals surface area contributed by atoms with Gasteiger partial charge in [-0.3, -0.25) is 0 Å². The van der Waals surface area contributed by atoms with Crippen molar-refractivity contribution in [1.82, 2.24) is 0 Å². The maximum Gasteiger partial charge on any atom is 0.416 e. The minimum atomic E-state index is -4.42. The van der Waals surface area contributed by atoms with Crippen LogP contribution < -0.4 is 9.64 Å². The molecule has 0 amide bonds. The summed E-state index contributed by atoms with van der Waals surface area (Å²) in [5.74, 6) is 1.67. The highest BCUT2D eigenvalue weighted by atomic mass is 19.4. The lowest BCUT2D eigenvalue weighted by Crippen LogP contribution is -2.37. The second-order valence-corrected chi connectivity index (χ2v) is 13.3. The van der Waals surface area contributed by atoms with Gasteiger partial charge in [-0.15, -0.1) is 0 Å². The second-order valence-electron chi connectivity index (χ2n) is 13.3. The van der Waals surface area contributed by atoms with Crippen molar-refractivity contribution in [3.63, 3.8) is 0 Å². The van der Waals surface area contributed by atoms with E-state index in [1.807, 2.05) is 32.1 Å². The van der Waals surface area contributed by atoms with Crippen LogP contribution >= 0.6 is 0 Å². The van der Waals surface area contributed by atoms with Crippen LogP contribution in [0.15, 0.2) is 96.3 Å². The molecule has 4 aromatic carbocycles. The first-order valence-electron chi connectivity index (χ1n) is 16.2. The molecule has 0 spiro atoms. The third-order valence-electron chi connectivity index (χ3n) is 10.4. The van der Waals surface area contributed by atoms with Gasteiger partial charge >= 0.3 is 6.18 Å². The fourth-order valence-corrected chi connectivity index (χ4v) is 7.96. The Bertz CT molecular complexity index is 2000. The highest BCUT2D eigenvalue weighted by Gasteiger charge is 2.46. The summed E-state index contributed by atoms with van der Waals surface area (Å²) in [5, 5.41) is 1.91. The van der Waals surface area contributed by atoms with Gasteiger partial charge in [0.1, 0.15) is 5.75 Å². The zero-order valence-electron chi connectivity index (χ0n) is 26.7. The molecule has 1 atom stereocenters. The highest BCUT2D eigenvalue weighted by Crippen LogP contribution is 2.59. The fourth-order valence-electron chi connectivity index (χ4n) is 7.96. The van der Waals surface area contributed by atoms with Gasteiger partial charge in [0, 0.05) is 47.1 Å². The predicted octanol–water partition coefficient (Wildman–Crippen LogP) is 9.55. The maximum absolute atomic E-state index is 13.9. The number of benzene rings is 4. The lowest BCUT2D eigenvalue weighted by Gasteiger charge is -2.40. The number of ether oxygens (including phenoxy) is 3. The molecule has 1 fully saturated rings. The molecule has 4 nitrogen and oxygen atoms in total. The number of alkyl halides is 3. The first-order valence-corrected chi connectivity index (χ1v) is 16.2. The van der Waals surface area contributed by atoms with Crippen LogP contribution in [-0.4, -0.2) is 33.4 Å². The smallest absolute Gasteiger partial charge is 0.416 e. The number of hydrogen-bond acceptors (Lipinski definition) is 4. The molecular weight excluding hydrogens is 599 g/mol. The van der Waals surface area contributed by atoms with Crippen molar-refractivity contribution in [2.75, 3.05) is 38.3 Å². The average Bonchev–Trinajstić information content (AvgIpc) is 3.34. The van der Waals surface area contributed by atoms with Crippen molar-refractivity contribution in [1.29, 1.82) is 0 Å². The predicted molar refractivity (Wildman–Crippen MR) is 180 cm³/mol. The van der Waals surface area contributed by atoms with E-state index in [4.69, 9.17) is 14.2 Å². The molecule has 0 aromatic heterocycles. The summed E-state index contributed by atoms with van der Waals surface area (Å²) in [6.45, 7) is 7.17. The first kappa shape index (κ1) is 29.9. The van der Waals surface area contributed by atoms with Crippen molar-refractivity contribution in [3.05, 3.63) is 124 Å². The Hall–Kier alpha value is -4.49. The number of rotatable bonds is 4. The van der Waals surface area contributed by atoms with E-state index in [9.17, 15) is 13.2 Å². The molecule has 8 rings (SSSR count). The molecule has 2 aliphatic carbocycles. The average molecular weight is 636 g/mol. The minimum Gasteiger partial charge on any atom is -0.501 e. The molecule has 7 heteroatoms. The lowest BCUT2D eigenvalue weighted by atomic mass is 9.75. The van der Waals surface area contributed by atoms with Gasteiger partial charge in [-0.2, -0.15) is 13.2 Å². The van der Waals surface area contributed by atoms with Gasteiger partial charge in [0.2, 0.25) is 0 Å². The van der Waals surface area contributed by atoms with Crippen LogP contribution in [0.4, 0.5) is 18.9 Å². The number of nitrogens with zero attached hydrogens (tertiary/aromatic N) is 1. The molecule has 2 heterocycles. The molecule has 1 unspecified atom stereocenters. The summed E-state index contributed by atoms with van der Waals surface area (Å²) in [7, 11) is 1.70. The Balaban J connectivity index is 1.33. The van der Waals surface area contributed by atoms with E-state index in [0.29, 0.717) is 18.8 Å². The van der Waals surface area contributed by atoms with Crippen LogP contribution in [0.5, 0.6) is 5.75 Å². The van der Waals surface area contributed by atoms with Crippen LogP contribution in [0.1, 0.15) is 54.5 Å². The Morgan fingerprint density at radius 2 is 1.62 bits per heavy atom. The molecule has 1 saturated heterocycles. The molecule has 4 aliphatic rings. The number of allylic oxidation sites excluding steroid dienone is 3. The van der Waals surface area contributed by atoms with E-state index in [2.05, 4.69) is 59.5 Å². The highest BCUT2D eigenvalue weighted by molar-refractivity contribution is 6.08. The zero-order valence-corrected chi connectivity index (χ0v) is 26.7. The molecule has 0 N–H and O–H groups in total. The Labute approximate surface area is 272 Å². The van der Waals surface area contributed by atoms with Crippen LogP contribution in [0, 0.1) is 0 Å². The Morgan fingerprint density at radius 3 is 2.30 bits per heavy atom. The van der Waals surface area contributed by atoms with Gasteiger partial charge < -0.3 is 19.1 Å². The van der Waals surface area contributed by atoms with Gasteiger partial charge in [-0.1, -0.05) is 68.5 Å². The van der Waals surface area contributed by atoms with Gasteiger partial charge in [0.25, 0.3) is 0 Å². The van der Waals surface area contributed by atoms with Gasteiger partial charge in [0.15, 0.2) is 5.60 Å². The first-order chi connectivity index (χ1) is 22.6. The van der Waals surface area contributed by atoms with E-state index < -0.39 is 22.8 Å². The molecule has 240 valence electrons. The van der Waals surface area contributed by atoms with Crippen LogP contribution in [0.2, 0.25) is 0 Å². The summed E-state index contributed by atoms with van der Waals surface area (Å²) in [6, 6.07) is 20.9. The third-order valence-corrected chi connectivity index (χ3v) is 10.4. The Morgan fingerprint density at radius 1 is 0.872 bits per heavy atom. The van der Waals surface area contributed by atoms with Crippen LogP contribution in [0.25, 0.3) is 28.0 Å². The van der Waals surface area contributed by atoms with Crippen molar-refractivity contribution in [2.45, 2.75) is 43.9 Å². The second kappa shape index (κ2) is 10.8. The number of methoxy groups -OCH3 is 1. The monoisotopic (exact) mass is 635 g/mol. The molecular formula is C40H36F3NO3. The van der Waals surface area contributed by atoms with Crippen LogP contribution in [0.3, 0.4) is 0 Å². The topological polar surface area (TPSA) is 30.9 Å². The van der Waals surface area contributed by atoms with E-state index in [-0.39, 0.29) is 0 Å². The lowest BCUT2D eigenvalue weighted by molar-refractivity contribution is -0.137. The summed E-state index contributed by atoms with van der Waals surface area (Å²) >= 11 is 0. The largest absolute Gasteiger partial charge is 0.501 e. The molecule has 0 bridgehead atoms. The summed E-state index contributed by atoms with van der Waals surface area (Å²) in [5.41, 5.74) is 5.47. The third kappa shape index (κ3) is 4.61. The van der Waals surface area contributed by atoms with Crippen LogP contribution in [-0.2, 0) is 26.7 Å². The Kier molecular flexibility index (Phi) is 6.85. The molecule has 4 aromatic rings. The van der Waals surface area contributed by atoms with E-state index >= 15 is 0 Å². The molecule has 0 radical (unpaired) electrons. The normalized spacial score (nSPS) is 21.4. The van der Waals surface area contributed by atoms with Gasteiger partial charge in [0.05, 0.1) is 31.6 Å². The maximum atomic E-state index is 13.9. The summed E-state index contributed by atoms with van der Waals surface area (Å²) in [4.78, 5) is 2.33. The summed E-state index contributed by atoms with van der Waals surface area (Å²) < 4.78 is 60.2. The van der Waals surface area contributed by atoms with Gasteiger partial charge in [-0.05, 0) is 76.1 Å². The van der Waals surface area contributed by atoms with Crippen molar-refractivity contribution in [3.8, 4) is 16.9 Å². The van der Waals surface area contributed by atoms with E-state index in [1.165, 1.54) is 12.1 Å². The number of anilines is 1. The molecule has 47 heavy (non-hydrogen) atoms. The number of hydrogen-bond donors (Lipinski definition) is 0. The molecule has 2 aliphatic heterocycles. The van der Waals surface area contributed by atoms with E-state index in [0.717, 1.165) is 87.3 Å². The van der Waals surface area contributed by atoms with Crippen molar-refractivity contribution >= 4 is 22.5 Å². The minimum absolute atomic E-state index is 0.630. The summed E-state index contributed by atoms with van der Waals surface area (Å²) in [6.07, 6.45) is 5.52. The van der Waals surface area contributed by atoms with Crippen molar-refractivity contribution in [2.24, 2.45) is 0 Å². The van der Waals surface area contributed by atoms with E-state index in [1.54, 1.807) is 13.2 Å². The number of halogens is 3. The number of morpholine rings is 1. The van der Waals surface area contributed by atoms with Gasteiger partial charge in [-0.25, -0.2) is 0 Å². The zero-order chi connectivity index (χ0) is 32.6. The quantitative estimate of drug-likeness (QED) is 0.224. The standard InChI is InChI=1S/C40H36F3NO3/c1-38(2)34-24-27(40(41,42)43)12-17-32(34)35-30-6-4-5-7-31(30)37-33(36(35)38)18-19-39(47-37,26-10-15-29(45-3)16-11-26)25-8-13-28(14-9-25)44-20-22-46-23-21-44/h4-10,12-15,17-19,24H,11,16,20-23H2,1-3H3.